The lowest BCUT2D eigenvalue weighted by molar-refractivity contribution is 0.320. The molecule has 0 radical (unpaired) electrons. The first-order valence-corrected chi connectivity index (χ1v) is 6.06. The van der Waals surface area contributed by atoms with Crippen molar-refractivity contribution in [2.75, 3.05) is 25.5 Å². The van der Waals surface area contributed by atoms with Crippen LogP contribution in [0.2, 0.25) is 0 Å². The summed E-state index contributed by atoms with van der Waals surface area (Å²) in [5.74, 6) is 0.505. The van der Waals surface area contributed by atoms with Gasteiger partial charge in [0, 0.05) is 25.5 Å². The predicted octanol–water partition coefficient (Wildman–Crippen LogP) is 3.58. The molecule has 0 unspecified atom stereocenters. The van der Waals surface area contributed by atoms with Crippen molar-refractivity contribution in [2.24, 2.45) is 0 Å². The van der Waals surface area contributed by atoms with E-state index >= 15 is 0 Å². The molecule has 1 aliphatic heterocycles. The minimum absolute atomic E-state index is 0. The van der Waals surface area contributed by atoms with E-state index in [1.165, 1.54) is 11.6 Å². The van der Waals surface area contributed by atoms with Crippen LogP contribution in [0.1, 0.15) is 12.0 Å². The van der Waals surface area contributed by atoms with E-state index in [2.05, 4.69) is 11.0 Å². The van der Waals surface area contributed by atoms with Crippen molar-refractivity contribution in [2.45, 2.75) is 6.42 Å². The van der Waals surface area contributed by atoms with E-state index in [1.807, 2.05) is 6.07 Å². The molecule has 0 aliphatic carbocycles. The van der Waals surface area contributed by atoms with Gasteiger partial charge in [0.15, 0.2) is 0 Å². The summed E-state index contributed by atoms with van der Waals surface area (Å²) in [5, 5.41) is 0. The Morgan fingerprint density at radius 1 is 1.35 bits per heavy atom. The Morgan fingerprint density at radius 2 is 2.18 bits per heavy atom. The fourth-order valence-corrected chi connectivity index (χ4v) is 2.22. The van der Waals surface area contributed by atoms with E-state index in [1.54, 1.807) is 12.1 Å². The zero-order chi connectivity index (χ0) is 11.4. The van der Waals surface area contributed by atoms with Gasteiger partial charge >= 0.3 is 0 Å². The fourth-order valence-electron chi connectivity index (χ4n) is 1.98. The van der Waals surface area contributed by atoms with Gasteiger partial charge in [0.05, 0.1) is 0 Å². The Bertz CT molecular complexity index is 393. The van der Waals surface area contributed by atoms with Crippen LogP contribution in [0.15, 0.2) is 30.3 Å². The number of hydrogen-bond acceptors (Lipinski definition) is 1. The van der Waals surface area contributed by atoms with Gasteiger partial charge < -0.3 is 0 Å². The summed E-state index contributed by atoms with van der Waals surface area (Å²) in [6.07, 6.45) is 3.14. The van der Waals surface area contributed by atoms with Crippen LogP contribution < -0.4 is 0 Å². The summed E-state index contributed by atoms with van der Waals surface area (Å²) in [7, 11) is 0. The minimum atomic E-state index is -0.165. The standard InChI is InChI=1S/C13H15ClFN.ClH/c14-6-9-16-7-4-11(5-8-16)12-2-1-3-13(15)10-12;/h1-4,10H,5-9H2;1H. The van der Waals surface area contributed by atoms with E-state index in [0.29, 0.717) is 5.88 Å². The molecule has 0 aromatic heterocycles. The molecule has 0 bridgehead atoms. The second kappa shape index (κ2) is 7.00. The Labute approximate surface area is 113 Å². The van der Waals surface area contributed by atoms with Crippen LogP contribution in [-0.2, 0) is 0 Å². The van der Waals surface area contributed by atoms with Gasteiger partial charge in [0.25, 0.3) is 0 Å². The predicted molar refractivity (Wildman–Crippen MR) is 73.4 cm³/mol. The van der Waals surface area contributed by atoms with Gasteiger partial charge in [-0.05, 0) is 29.7 Å². The Hall–Kier alpha value is -0.570. The summed E-state index contributed by atoms with van der Waals surface area (Å²) >= 11 is 5.70. The van der Waals surface area contributed by atoms with E-state index < -0.39 is 0 Å². The van der Waals surface area contributed by atoms with E-state index in [9.17, 15) is 4.39 Å². The molecule has 1 heterocycles. The maximum Gasteiger partial charge on any atom is 0.123 e. The number of benzene rings is 1. The largest absolute Gasteiger partial charge is 0.298 e. The lowest BCUT2D eigenvalue weighted by Crippen LogP contribution is -2.30. The average Bonchev–Trinajstić information content (AvgIpc) is 2.30. The van der Waals surface area contributed by atoms with Gasteiger partial charge in [-0.3, -0.25) is 4.90 Å². The van der Waals surface area contributed by atoms with Gasteiger partial charge in [-0.25, -0.2) is 4.39 Å². The topological polar surface area (TPSA) is 3.24 Å². The molecule has 17 heavy (non-hydrogen) atoms. The summed E-state index contributed by atoms with van der Waals surface area (Å²) in [5.41, 5.74) is 2.25. The molecular weight excluding hydrogens is 260 g/mol. The summed E-state index contributed by atoms with van der Waals surface area (Å²) in [4.78, 5) is 2.30. The summed E-state index contributed by atoms with van der Waals surface area (Å²) in [6, 6.07) is 6.80. The van der Waals surface area contributed by atoms with Gasteiger partial charge in [-0.15, -0.1) is 24.0 Å². The van der Waals surface area contributed by atoms with Gasteiger partial charge in [-0.1, -0.05) is 18.2 Å². The third-order valence-corrected chi connectivity index (χ3v) is 3.06. The first-order chi connectivity index (χ1) is 7.79. The van der Waals surface area contributed by atoms with Crippen LogP contribution in [-0.4, -0.2) is 30.4 Å². The monoisotopic (exact) mass is 275 g/mol. The van der Waals surface area contributed by atoms with Crippen LogP contribution in [0, 0.1) is 5.82 Å². The first kappa shape index (κ1) is 14.5. The number of rotatable bonds is 3. The maximum absolute atomic E-state index is 13.1. The molecule has 0 saturated heterocycles. The molecule has 4 heteroatoms. The van der Waals surface area contributed by atoms with Crippen molar-refractivity contribution in [3.63, 3.8) is 0 Å². The Morgan fingerprint density at radius 3 is 2.76 bits per heavy atom. The van der Waals surface area contributed by atoms with Crippen LogP contribution in [0.3, 0.4) is 0 Å². The van der Waals surface area contributed by atoms with E-state index in [-0.39, 0.29) is 18.2 Å². The van der Waals surface area contributed by atoms with Crippen molar-refractivity contribution < 1.29 is 4.39 Å². The summed E-state index contributed by atoms with van der Waals surface area (Å²) < 4.78 is 13.1. The highest BCUT2D eigenvalue weighted by atomic mass is 35.5. The van der Waals surface area contributed by atoms with Gasteiger partial charge in [0.1, 0.15) is 5.82 Å². The lowest BCUT2D eigenvalue weighted by Gasteiger charge is -2.25. The number of nitrogens with zero attached hydrogens (tertiary/aromatic N) is 1. The van der Waals surface area contributed by atoms with Crippen molar-refractivity contribution in [1.29, 1.82) is 0 Å². The van der Waals surface area contributed by atoms with Crippen molar-refractivity contribution >= 4 is 29.6 Å². The second-order valence-corrected chi connectivity index (χ2v) is 4.36. The molecular formula is C13H16Cl2FN. The molecule has 0 fully saturated rings. The third kappa shape index (κ3) is 3.98. The van der Waals surface area contributed by atoms with Gasteiger partial charge in [-0.2, -0.15) is 0 Å². The summed E-state index contributed by atoms with van der Waals surface area (Å²) in [6.45, 7) is 2.85. The molecule has 1 aromatic carbocycles. The highest BCUT2D eigenvalue weighted by Gasteiger charge is 2.12. The van der Waals surface area contributed by atoms with Crippen LogP contribution >= 0.6 is 24.0 Å². The lowest BCUT2D eigenvalue weighted by atomic mass is 9.99. The quantitative estimate of drug-likeness (QED) is 0.763. The second-order valence-electron chi connectivity index (χ2n) is 3.98. The molecule has 1 aromatic rings. The van der Waals surface area contributed by atoms with Crippen LogP contribution in [0.5, 0.6) is 0 Å². The van der Waals surface area contributed by atoms with Gasteiger partial charge in [0.2, 0.25) is 0 Å². The van der Waals surface area contributed by atoms with E-state index in [4.69, 9.17) is 11.6 Å². The fraction of sp³-hybridized carbons (Fsp3) is 0.385. The molecule has 0 spiro atoms. The molecule has 0 N–H and O–H groups in total. The number of hydrogen-bond donors (Lipinski definition) is 0. The van der Waals surface area contributed by atoms with Crippen molar-refractivity contribution in [3.8, 4) is 0 Å². The maximum atomic E-state index is 13.1. The molecule has 94 valence electrons. The normalized spacial score (nSPS) is 16.2. The molecule has 0 amide bonds. The van der Waals surface area contributed by atoms with Crippen molar-refractivity contribution in [3.05, 3.63) is 41.7 Å². The minimum Gasteiger partial charge on any atom is -0.298 e. The SMILES string of the molecule is Cl.Fc1cccc(C2=CCN(CCCl)CC2)c1. The molecule has 2 rings (SSSR count). The Kier molecular flexibility index (Phi) is 5.96. The van der Waals surface area contributed by atoms with Crippen LogP contribution in [0.4, 0.5) is 4.39 Å². The van der Waals surface area contributed by atoms with Crippen molar-refractivity contribution in [1.82, 2.24) is 4.90 Å². The highest BCUT2D eigenvalue weighted by molar-refractivity contribution is 6.18. The first-order valence-electron chi connectivity index (χ1n) is 5.53. The molecule has 0 atom stereocenters. The zero-order valence-corrected chi connectivity index (χ0v) is 11.1. The zero-order valence-electron chi connectivity index (χ0n) is 9.53. The van der Waals surface area contributed by atoms with Crippen LogP contribution in [0.25, 0.3) is 5.57 Å². The third-order valence-electron chi connectivity index (χ3n) is 2.89. The molecule has 1 aliphatic rings. The Balaban J connectivity index is 0.00000144. The van der Waals surface area contributed by atoms with E-state index in [0.717, 1.165) is 31.6 Å². The number of alkyl halides is 1. The highest BCUT2D eigenvalue weighted by Crippen LogP contribution is 2.22. The average molecular weight is 276 g/mol. The number of halogens is 3. The molecule has 1 nitrogen and oxygen atoms in total. The molecule has 0 saturated carbocycles. The smallest absolute Gasteiger partial charge is 0.123 e.